The summed E-state index contributed by atoms with van der Waals surface area (Å²) in [7, 11) is 0. The standard InChI is InChI=1S/C14H26N2O2/c1-2-16(14(17)12-7-8-18-10-12)13-6-4-3-5-11(13)9-15/h11-13H,2-10,15H2,1H3. The molecule has 1 saturated carbocycles. The lowest BCUT2D eigenvalue weighted by Gasteiger charge is -2.40. The molecule has 0 radical (unpaired) electrons. The molecule has 2 N–H and O–H groups in total. The van der Waals surface area contributed by atoms with E-state index in [1.165, 1.54) is 19.3 Å². The first-order chi connectivity index (χ1) is 8.77. The first-order valence-corrected chi connectivity index (χ1v) is 7.36. The summed E-state index contributed by atoms with van der Waals surface area (Å²) in [6.45, 7) is 4.93. The van der Waals surface area contributed by atoms with Gasteiger partial charge in [0.15, 0.2) is 0 Å². The van der Waals surface area contributed by atoms with Crippen LogP contribution in [0.3, 0.4) is 0 Å². The molecule has 3 unspecified atom stereocenters. The molecule has 4 nitrogen and oxygen atoms in total. The quantitative estimate of drug-likeness (QED) is 0.825. The van der Waals surface area contributed by atoms with E-state index in [0.29, 0.717) is 31.0 Å². The van der Waals surface area contributed by atoms with Crippen molar-refractivity contribution < 1.29 is 9.53 Å². The summed E-state index contributed by atoms with van der Waals surface area (Å²) in [4.78, 5) is 14.6. The van der Waals surface area contributed by atoms with Crippen LogP contribution in [-0.2, 0) is 9.53 Å². The summed E-state index contributed by atoms with van der Waals surface area (Å²) in [5, 5.41) is 0. The monoisotopic (exact) mass is 254 g/mol. The number of ether oxygens (including phenoxy) is 1. The number of nitrogens with zero attached hydrogens (tertiary/aromatic N) is 1. The number of amides is 1. The summed E-state index contributed by atoms with van der Waals surface area (Å²) >= 11 is 0. The predicted octanol–water partition coefficient (Wildman–Crippen LogP) is 1.39. The number of hydrogen-bond acceptors (Lipinski definition) is 3. The maximum atomic E-state index is 12.5. The minimum atomic E-state index is 0.0882. The largest absolute Gasteiger partial charge is 0.381 e. The average molecular weight is 254 g/mol. The van der Waals surface area contributed by atoms with Crippen LogP contribution in [0.1, 0.15) is 39.0 Å². The van der Waals surface area contributed by atoms with Gasteiger partial charge in [-0.15, -0.1) is 0 Å². The van der Waals surface area contributed by atoms with Gasteiger partial charge in [-0.25, -0.2) is 0 Å². The molecule has 3 atom stereocenters. The van der Waals surface area contributed by atoms with E-state index in [-0.39, 0.29) is 5.92 Å². The highest BCUT2D eigenvalue weighted by atomic mass is 16.5. The summed E-state index contributed by atoms with van der Waals surface area (Å²) in [6, 6.07) is 0.363. The molecule has 0 aromatic heterocycles. The summed E-state index contributed by atoms with van der Waals surface area (Å²) < 4.78 is 5.34. The molecule has 18 heavy (non-hydrogen) atoms. The van der Waals surface area contributed by atoms with E-state index in [9.17, 15) is 4.79 Å². The van der Waals surface area contributed by atoms with Crippen LogP contribution in [0.2, 0.25) is 0 Å². The molecule has 1 heterocycles. The molecule has 1 saturated heterocycles. The van der Waals surface area contributed by atoms with E-state index in [1.54, 1.807) is 0 Å². The van der Waals surface area contributed by atoms with Crippen LogP contribution in [0, 0.1) is 11.8 Å². The molecule has 0 aromatic carbocycles. The summed E-state index contributed by atoms with van der Waals surface area (Å²) in [5.41, 5.74) is 5.88. The lowest BCUT2D eigenvalue weighted by atomic mass is 9.83. The number of rotatable bonds is 4. The van der Waals surface area contributed by atoms with Gasteiger partial charge in [-0.1, -0.05) is 12.8 Å². The third-order valence-corrected chi connectivity index (χ3v) is 4.47. The normalized spacial score (nSPS) is 32.4. The van der Waals surface area contributed by atoms with Crippen molar-refractivity contribution in [2.45, 2.75) is 45.1 Å². The van der Waals surface area contributed by atoms with Crippen molar-refractivity contribution in [1.29, 1.82) is 0 Å². The van der Waals surface area contributed by atoms with E-state index in [4.69, 9.17) is 10.5 Å². The molecule has 4 heteroatoms. The lowest BCUT2D eigenvalue weighted by Crippen LogP contribution is -2.50. The maximum absolute atomic E-state index is 12.5. The van der Waals surface area contributed by atoms with Crippen LogP contribution in [0.5, 0.6) is 0 Å². The highest BCUT2D eigenvalue weighted by Gasteiger charge is 2.35. The van der Waals surface area contributed by atoms with Crippen molar-refractivity contribution in [1.82, 2.24) is 4.90 Å². The second-order valence-corrected chi connectivity index (χ2v) is 5.53. The Hall–Kier alpha value is -0.610. The van der Waals surface area contributed by atoms with Gasteiger partial charge < -0.3 is 15.4 Å². The molecule has 0 spiro atoms. The SMILES string of the molecule is CCN(C(=O)C1CCOC1)C1CCCCC1CN. The Kier molecular flexibility index (Phi) is 5.01. The Morgan fingerprint density at radius 1 is 1.33 bits per heavy atom. The fourth-order valence-electron chi connectivity index (χ4n) is 3.39. The van der Waals surface area contributed by atoms with Crippen molar-refractivity contribution in [2.24, 2.45) is 17.6 Å². The number of hydrogen-bond donors (Lipinski definition) is 1. The Bertz CT molecular complexity index is 277. The Morgan fingerprint density at radius 3 is 2.72 bits per heavy atom. The molecule has 0 aromatic rings. The molecule has 1 aliphatic carbocycles. The number of carbonyl (C=O) groups excluding carboxylic acids is 1. The van der Waals surface area contributed by atoms with E-state index in [2.05, 4.69) is 11.8 Å². The fraction of sp³-hybridized carbons (Fsp3) is 0.929. The number of nitrogens with two attached hydrogens (primary N) is 1. The molecule has 2 aliphatic rings. The molecule has 2 fully saturated rings. The van der Waals surface area contributed by atoms with Crippen LogP contribution in [-0.4, -0.2) is 43.2 Å². The van der Waals surface area contributed by atoms with Gasteiger partial charge in [0.2, 0.25) is 5.91 Å². The van der Waals surface area contributed by atoms with Gasteiger partial charge in [-0.05, 0) is 38.6 Å². The van der Waals surface area contributed by atoms with Gasteiger partial charge >= 0.3 is 0 Å². The van der Waals surface area contributed by atoms with Crippen molar-refractivity contribution in [2.75, 3.05) is 26.3 Å². The zero-order chi connectivity index (χ0) is 13.0. The van der Waals surface area contributed by atoms with Crippen molar-refractivity contribution in [3.63, 3.8) is 0 Å². The van der Waals surface area contributed by atoms with Gasteiger partial charge in [0.05, 0.1) is 12.5 Å². The van der Waals surface area contributed by atoms with Crippen molar-refractivity contribution >= 4 is 5.91 Å². The molecule has 1 amide bonds. The Labute approximate surface area is 110 Å². The van der Waals surface area contributed by atoms with Crippen LogP contribution in [0.4, 0.5) is 0 Å². The first-order valence-electron chi connectivity index (χ1n) is 7.36. The van der Waals surface area contributed by atoms with E-state index >= 15 is 0 Å². The minimum Gasteiger partial charge on any atom is -0.381 e. The van der Waals surface area contributed by atoms with E-state index in [0.717, 1.165) is 26.0 Å². The van der Waals surface area contributed by atoms with Gasteiger partial charge in [-0.3, -0.25) is 4.79 Å². The zero-order valence-electron chi connectivity index (χ0n) is 11.4. The van der Waals surface area contributed by atoms with E-state index < -0.39 is 0 Å². The van der Waals surface area contributed by atoms with Crippen molar-refractivity contribution in [3.8, 4) is 0 Å². The Balaban J connectivity index is 2.03. The fourth-order valence-corrected chi connectivity index (χ4v) is 3.39. The third kappa shape index (κ3) is 2.86. The predicted molar refractivity (Wildman–Crippen MR) is 71.1 cm³/mol. The second-order valence-electron chi connectivity index (χ2n) is 5.53. The molecule has 104 valence electrons. The highest BCUT2D eigenvalue weighted by Crippen LogP contribution is 2.29. The van der Waals surface area contributed by atoms with Gasteiger partial charge in [0.25, 0.3) is 0 Å². The van der Waals surface area contributed by atoms with Gasteiger partial charge in [0.1, 0.15) is 0 Å². The Morgan fingerprint density at radius 2 is 2.11 bits per heavy atom. The molecular weight excluding hydrogens is 228 g/mol. The second kappa shape index (κ2) is 6.53. The number of carbonyl (C=O) groups is 1. The molecule has 0 bridgehead atoms. The van der Waals surface area contributed by atoms with Crippen LogP contribution >= 0.6 is 0 Å². The highest BCUT2D eigenvalue weighted by molar-refractivity contribution is 5.79. The third-order valence-electron chi connectivity index (χ3n) is 4.47. The molecule has 1 aliphatic heterocycles. The van der Waals surface area contributed by atoms with Gasteiger partial charge in [-0.2, -0.15) is 0 Å². The van der Waals surface area contributed by atoms with Crippen LogP contribution in [0.15, 0.2) is 0 Å². The topological polar surface area (TPSA) is 55.6 Å². The van der Waals surface area contributed by atoms with Crippen LogP contribution < -0.4 is 5.73 Å². The zero-order valence-corrected chi connectivity index (χ0v) is 11.4. The lowest BCUT2D eigenvalue weighted by molar-refractivity contribution is -0.139. The smallest absolute Gasteiger partial charge is 0.228 e. The molecule has 2 rings (SSSR count). The van der Waals surface area contributed by atoms with E-state index in [1.807, 2.05) is 0 Å². The average Bonchev–Trinajstić information content (AvgIpc) is 2.94. The van der Waals surface area contributed by atoms with Crippen LogP contribution in [0.25, 0.3) is 0 Å². The van der Waals surface area contributed by atoms with Crippen molar-refractivity contribution in [3.05, 3.63) is 0 Å². The minimum absolute atomic E-state index is 0.0882. The molecular formula is C14H26N2O2. The summed E-state index contributed by atoms with van der Waals surface area (Å²) in [6.07, 6.45) is 5.67. The summed E-state index contributed by atoms with van der Waals surface area (Å²) in [5.74, 6) is 0.871. The maximum Gasteiger partial charge on any atom is 0.228 e. The first kappa shape index (κ1) is 13.8. The van der Waals surface area contributed by atoms with Gasteiger partial charge in [0, 0.05) is 19.2 Å².